The Balaban J connectivity index is 1.78. The van der Waals surface area contributed by atoms with Gasteiger partial charge in [-0.2, -0.15) is 0 Å². The van der Waals surface area contributed by atoms with Gasteiger partial charge in [0.25, 0.3) is 0 Å². The lowest BCUT2D eigenvalue weighted by atomic mass is 9.83. The second kappa shape index (κ2) is 9.58. The van der Waals surface area contributed by atoms with Crippen LogP contribution in [0.25, 0.3) is 0 Å². The molecule has 0 spiro atoms. The predicted molar refractivity (Wildman–Crippen MR) is 113 cm³/mol. The number of hydrogen-bond donors (Lipinski definition) is 1. The minimum atomic E-state index is -0.121. The molecular formula is C24H36N2O2. The van der Waals surface area contributed by atoms with E-state index < -0.39 is 0 Å². The number of hydrogen-bond acceptors (Lipinski definition) is 2. The maximum absolute atomic E-state index is 13.1. The van der Waals surface area contributed by atoms with E-state index in [4.69, 9.17) is 0 Å². The molecule has 1 saturated carbocycles. The molecule has 1 aliphatic heterocycles. The van der Waals surface area contributed by atoms with Gasteiger partial charge in [-0.15, -0.1) is 0 Å². The van der Waals surface area contributed by atoms with Crippen molar-refractivity contribution in [3.63, 3.8) is 0 Å². The van der Waals surface area contributed by atoms with Crippen molar-refractivity contribution in [1.82, 2.24) is 10.2 Å². The molecule has 0 bridgehead atoms. The van der Waals surface area contributed by atoms with E-state index in [1.807, 2.05) is 11.8 Å². The molecule has 2 amide bonds. The van der Waals surface area contributed by atoms with Crippen LogP contribution in [0.15, 0.2) is 24.3 Å². The summed E-state index contributed by atoms with van der Waals surface area (Å²) >= 11 is 0. The van der Waals surface area contributed by atoms with Crippen LogP contribution < -0.4 is 5.32 Å². The van der Waals surface area contributed by atoms with Gasteiger partial charge in [0, 0.05) is 31.0 Å². The van der Waals surface area contributed by atoms with Crippen molar-refractivity contribution in [2.45, 2.75) is 77.7 Å². The summed E-state index contributed by atoms with van der Waals surface area (Å²) in [5, 5.41) is 3.14. The molecule has 1 heterocycles. The molecule has 4 nitrogen and oxygen atoms in total. The molecule has 1 aromatic rings. The van der Waals surface area contributed by atoms with Gasteiger partial charge >= 0.3 is 0 Å². The van der Waals surface area contributed by atoms with E-state index >= 15 is 0 Å². The largest absolute Gasteiger partial charge is 0.353 e. The van der Waals surface area contributed by atoms with Crippen LogP contribution in [-0.2, 0) is 16.0 Å². The molecule has 1 saturated heterocycles. The third kappa shape index (κ3) is 4.95. The highest BCUT2D eigenvalue weighted by Crippen LogP contribution is 2.34. The fraction of sp³-hybridized carbons (Fsp3) is 0.667. The van der Waals surface area contributed by atoms with Crippen molar-refractivity contribution in [3.8, 4) is 0 Å². The third-order valence-electron chi connectivity index (χ3n) is 6.70. The lowest BCUT2D eigenvalue weighted by Gasteiger charge is -2.39. The Bertz CT molecular complexity index is 664. The summed E-state index contributed by atoms with van der Waals surface area (Å²) in [6, 6.07) is 8.92. The summed E-state index contributed by atoms with van der Waals surface area (Å²) in [4.78, 5) is 28.0. The van der Waals surface area contributed by atoms with E-state index in [-0.39, 0.29) is 35.6 Å². The molecule has 3 unspecified atom stereocenters. The van der Waals surface area contributed by atoms with Crippen molar-refractivity contribution < 1.29 is 9.59 Å². The molecule has 0 aromatic heterocycles. The Labute approximate surface area is 170 Å². The highest BCUT2D eigenvalue weighted by Gasteiger charge is 2.37. The number of amides is 2. The van der Waals surface area contributed by atoms with Gasteiger partial charge in [0.2, 0.25) is 11.8 Å². The van der Waals surface area contributed by atoms with Crippen molar-refractivity contribution in [2.75, 3.05) is 13.1 Å². The van der Waals surface area contributed by atoms with Crippen LogP contribution in [0.1, 0.15) is 76.3 Å². The van der Waals surface area contributed by atoms with Gasteiger partial charge in [-0.1, -0.05) is 51.0 Å². The minimum Gasteiger partial charge on any atom is -0.353 e. The lowest BCUT2D eigenvalue weighted by Crippen LogP contribution is -2.50. The maximum atomic E-state index is 13.1. The molecule has 1 aliphatic carbocycles. The van der Waals surface area contributed by atoms with Gasteiger partial charge in [-0.25, -0.2) is 0 Å². The summed E-state index contributed by atoms with van der Waals surface area (Å²) in [6.45, 7) is 7.60. The highest BCUT2D eigenvalue weighted by atomic mass is 16.2. The SMILES string of the molecule is CCc1ccc(C2CC(C(=O)NC(C)CC)CN(C(=O)C3CCCC3)C2)cc1. The van der Waals surface area contributed by atoms with Gasteiger partial charge in [-0.05, 0) is 50.2 Å². The fourth-order valence-corrected chi connectivity index (χ4v) is 4.63. The number of aryl methyl sites for hydroxylation is 1. The number of carbonyl (C=O) groups is 2. The molecule has 3 atom stereocenters. The standard InChI is InChI=1S/C24H36N2O2/c1-4-17(3)25-23(27)22-14-21(19-12-10-18(5-2)11-13-19)15-26(16-22)24(28)20-8-6-7-9-20/h10-13,17,20-22H,4-9,14-16H2,1-3H3,(H,25,27). The van der Waals surface area contributed by atoms with Gasteiger partial charge in [0.15, 0.2) is 0 Å². The Hall–Kier alpha value is -1.84. The van der Waals surface area contributed by atoms with E-state index in [1.165, 1.54) is 11.1 Å². The van der Waals surface area contributed by atoms with Gasteiger partial charge in [0.05, 0.1) is 5.92 Å². The molecule has 0 radical (unpaired) electrons. The molecule has 2 aliphatic rings. The topological polar surface area (TPSA) is 49.4 Å². The monoisotopic (exact) mass is 384 g/mol. The summed E-state index contributed by atoms with van der Waals surface area (Å²) < 4.78 is 0. The fourth-order valence-electron chi connectivity index (χ4n) is 4.63. The number of carbonyl (C=O) groups excluding carboxylic acids is 2. The van der Waals surface area contributed by atoms with Crippen LogP contribution in [-0.4, -0.2) is 35.8 Å². The quantitative estimate of drug-likeness (QED) is 0.795. The maximum Gasteiger partial charge on any atom is 0.225 e. The highest BCUT2D eigenvalue weighted by molar-refractivity contribution is 5.83. The van der Waals surface area contributed by atoms with Crippen LogP contribution >= 0.6 is 0 Å². The molecule has 3 rings (SSSR count). The number of rotatable bonds is 6. The van der Waals surface area contributed by atoms with Crippen LogP contribution in [0.4, 0.5) is 0 Å². The van der Waals surface area contributed by atoms with Crippen molar-refractivity contribution in [2.24, 2.45) is 11.8 Å². The smallest absolute Gasteiger partial charge is 0.225 e. The molecule has 28 heavy (non-hydrogen) atoms. The Morgan fingerprint density at radius 1 is 1.07 bits per heavy atom. The zero-order chi connectivity index (χ0) is 20.1. The summed E-state index contributed by atoms with van der Waals surface area (Å²) in [7, 11) is 0. The van der Waals surface area contributed by atoms with E-state index in [9.17, 15) is 9.59 Å². The molecular weight excluding hydrogens is 348 g/mol. The second-order valence-electron chi connectivity index (χ2n) is 8.77. The number of likely N-dealkylation sites (tertiary alicyclic amines) is 1. The summed E-state index contributed by atoms with van der Waals surface area (Å²) in [5.74, 6) is 0.656. The first-order valence-corrected chi connectivity index (χ1v) is 11.2. The molecule has 154 valence electrons. The van der Waals surface area contributed by atoms with Crippen molar-refractivity contribution in [1.29, 1.82) is 0 Å². The van der Waals surface area contributed by atoms with Gasteiger partial charge < -0.3 is 10.2 Å². The normalized spacial score (nSPS) is 24.2. The Morgan fingerprint density at radius 3 is 2.36 bits per heavy atom. The number of nitrogens with one attached hydrogen (secondary N) is 1. The number of nitrogens with zero attached hydrogens (tertiary/aromatic N) is 1. The lowest BCUT2D eigenvalue weighted by molar-refractivity contribution is -0.139. The molecule has 4 heteroatoms. The average Bonchev–Trinajstić information content (AvgIpc) is 3.27. The number of piperidine rings is 1. The zero-order valence-electron chi connectivity index (χ0n) is 17.7. The van der Waals surface area contributed by atoms with Crippen LogP contribution in [0.3, 0.4) is 0 Å². The van der Waals surface area contributed by atoms with E-state index in [0.717, 1.165) is 51.5 Å². The molecule has 1 N–H and O–H groups in total. The van der Waals surface area contributed by atoms with Crippen LogP contribution in [0, 0.1) is 11.8 Å². The summed E-state index contributed by atoms with van der Waals surface area (Å²) in [5.41, 5.74) is 2.58. The Kier molecular flexibility index (Phi) is 7.14. The zero-order valence-corrected chi connectivity index (χ0v) is 17.7. The predicted octanol–water partition coefficient (Wildman–Crippen LogP) is 4.29. The van der Waals surface area contributed by atoms with Gasteiger partial charge in [-0.3, -0.25) is 9.59 Å². The number of benzene rings is 1. The second-order valence-corrected chi connectivity index (χ2v) is 8.77. The van der Waals surface area contributed by atoms with E-state index in [2.05, 4.69) is 43.4 Å². The van der Waals surface area contributed by atoms with Gasteiger partial charge in [0.1, 0.15) is 0 Å². The summed E-state index contributed by atoms with van der Waals surface area (Å²) in [6.07, 6.45) is 7.10. The average molecular weight is 385 g/mol. The minimum absolute atomic E-state index is 0.105. The first-order valence-electron chi connectivity index (χ1n) is 11.2. The van der Waals surface area contributed by atoms with Crippen LogP contribution in [0.2, 0.25) is 0 Å². The molecule has 1 aromatic carbocycles. The van der Waals surface area contributed by atoms with E-state index in [0.29, 0.717) is 6.54 Å². The van der Waals surface area contributed by atoms with Crippen LogP contribution in [0.5, 0.6) is 0 Å². The Morgan fingerprint density at radius 2 is 1.75 bits per heavy atom. The first kappa shape index (κ1) is 20.9. The van der Waals surface area contributed by atoms with E-state index in [1.54, 1.807) is 0 Å². The van der Waals surface area contributed by atoms with Crippen molar-refractivity contribution in [3.05, 3.63) is 35.4 Å². The third-order valence-corrected chi connectivity index (χ3v) is 6.70. The first-order chi connectivity index (χ1) is 13.5. The van der Waals surface area contributed by atoms with Crippen molar-refractivity contribution >= 4 is 11.8 Å². The molecule has 2 fully saturated rings.